The molecule has 1 aromatic carbocycles. The molecule has 0 spiro atoms. The fourth-order valence-corrected chi connectivity index (χ4v) is 2.54. The first-order chi connectivity index (χ1) is 8.09. The van der Waals surface area contributed by atoms with Gasteiger partial charge in [-0.3, -0.25) is 0 Å². The Balaban J connectivity index is 2.35. The quantitative estimate of drug-likeness (QED) is 0.898. The molecule has 0 amide bonds. The SMILES string of the molecule is NCC1(C(O)c2cc(Br)ccc2F)CCOC1. The molecule has 2 atom stereocenters. The number of aliphatic hydroxyl groups is 1. The second kappa shape index (κ2) is 5.02. The maximum Gasteiger partial charge on any atom is 0.129 e. The molecule has 2 rings (SSSR count). The fraction of sp³-hybridized carbons (Fsp3) is 0.500. The van der Waals surface area contributed by atoms with Crippen LogP contribution in [0.4, 0.5) is 4.39 Å². The Hall–Kier alpha value is -0.490. The molecule has 3 nitrogen and oxygen atoms in total. The normalized spacial score (nSPS) is 26.1. The van der Waals surface area contributed by atoms with Gasteiger partial charge >= 0.3 is 0 Å². The maximum atomic E-state index is 13.7. The van der Waals surface area contributed by atoms with Crippen LogP contribution in [0.3, 0.4) is 0 Å². The number of halogens is 2. The van der Waals surface area contributed by atoms with E-state index in [1.165, 1.54) is 6.07 Å². The van der Waals surface area contributed by atoms with Crippen LogP contribution in [0.1, 0.15) is 18.1 Å². The van der Waals surface area contributed by atoms with Crippen LogP contribution in [0.2, 0.25) is 0 Å². The zero-order chi connectivity index (χ0) is 12.5. The predicted octanol–water partition coefficient (Wildman–Crippen LogP) is 1.99. The third-order valence-corrected chi connectivity index (χ3v) is 3.87. The van der Waals surface area contributed by atoms with Crippen LogP contribution in [0, 0.1) is 11.2 Å². The number of hydrogen-bond donors (Lipinski definition) is 2. The number of aliphatic hydroxyl groups excluding tert-OH is 1. The molecule has 17 heavy (non-hydrogen) atoms. The van der Waals surface area contributed by atoms with Crippen LogP contribution < -0.4 is 5.73 Å². The molecular weight excluding hydrogens is 289 g/mol. The van der Waals surface area contributed by atoms with Crippen molar-refractivity contribution in [2.45, 2.75) is 12.5 Å². The number of benzene rings is 1. The monoisotopic (exact) mass is 303 g/mol. The zero-order valence-electron chi connectivity index (χ0n) is 9.33. The Morgan fingerprint density at radius 2 is 2.35 bits per heavy atom. The number of nitrogens with two attached hydrogens (primary N) is 1. The average molecular weight is 304 g/mol. The number of rotatable bonds is 3. The minimum absolute atomic E-state index is 0.273. The van der Waals surface area contributed by atoms with E-state index < -0.39 is 17.3 Å². The molecule has 5 heteroatoms. The number of hydrogen-bond acceptors (Lipinski definition) is 3. The summed E-state index contributed by atoms with van der Waals surface area (Å²) in [5, 5.41) is 10.4. The lowest BCUT2D eigenvalue weighted by Crippen LogP contribution is -2.37. The van der Waals surface area contributed by atoms with Gasteiger partial charge in [0.15, 0.2) is 0 Å². The van der Waals surface area contributed by atoms with Gasteiger partial charge in [0, 0.05) is 28.6 Å². The molecule has 1 aromatic rings. The van der Waals surface area contributed by atoms with E-state index in [1.54, 1.807) is 12.1 Å². The molecule has 1 saturated heterocycles. The van der Waals surface area contributed by atoms with Gasteiger partial charge in [0.2, 0.25) is 0 Å². The lowest BCUT2D eigenvalue weighted by molar-refractivity contribution is 0.0167. The van der Waals surface area contributed by atoms with Gasteiger partial charge in [0.05, 0.1) is 12.7 Å². The van der Waals surface area contributed by atoms with Gasteiger partial charge in [0.1, 0.15) is 5.82 Å². The molecule has 1 heterocycles. The Bertz CT molecular complexity index is 407. The molecular formula is C12H15BrFNO2. The molecule has 1 aliphatic rings. The lowest BCUT2D eigenvalue weighted by Gasteiger charge is -2.31. The van der Waals surface area contributed by atoms with Crippen molar-refractivity contribution in [2.24, 2.45) is 11.1 Å². The van der Waals surface area contributed by atoms with Crippen LogP contribution in [-0.4, -0.2) is 24.9 Å². The standard InChI is InChI=1S/C12H15BrFNO2/c13-8-1-2-10(14)9(5-8)11(16)12(6-15)3-4-17-7-12/h1-2,5,11,16H,3-4,6-7,15H2. The van der Waals surface area contributed by atoms with Crippen molar-refractivity contribution >= 4 is 15.9 Å². The van der Waals surface area contributed by atoms with Gasteiger partial charge in [-0.05, 0) is 24.6 Å². The van der Waals surface area contributed by atoms with E-state index in [2.05, 4.69) is 15.9 Å². The van der Waals surface area contributed by atoms with Gasteiger partial charge < -0.3 is 15.6 Å². The Morgan fingerprint density at radius 3 is 2.94 bits per heavy atom. The third-order valence-electron chi connectivity index (χ3n) is 3.37. The van der Waals surface area contributed by atoms with Gasteiger partial charge in [-0.15, -0.1) is 0 Å². The minimum atomic E-state index is -0.938. The highest BCUT2D eigenvalue weighted by Crippen LogP contribution is 2.41. The summed E-state index contributed by atoms with van der Waals surface area (Å²) in [6.07, 6.45) is -0.288. The smallest absolute Gasteiger partial charge is 0.129 e. The van der Waals surface area contributed by atoms with E-state index in [9.17, 15) is 9.50 Å². The van der Waals surface area contributed by atoms with E-state index in [-0.39, 0.29) is 12.1 Å². The molecule has 0 radical (unpaired) electrons. The topological polar surface area (TPSA) is 55.5 Å². The van der Waals surface area contributed by atoms with Crippen LogP contribution in [-0.2, 0) is 4.74 Å². The fourth-order valence-electron chi connectivity index (χ4n) is 2.17. The summed E-state index contributed by atoms with van der Waals surface area (Å²) >= 11 is 3.27. The van der Waals surface area contributed by atoms with E-state index in [1.807, 2.05) is 0 Å². The maximum absolute atomic E-state index is 13.7. The van der Waals surface area contributed by atoms with E-state index in [0.717, 1.165) is 4.47 Å². The Labute approximate surface area is 108 Å². The van der Waals surface area contributed by atoms with Gasteiger partial charge in [0.25, 0.3) is 0 Å². The van der Waals surface area contributed by atoms with Gasteiger partial charge in [-0.25, -0.2) is 4.39 Å². The highest BCUT2D eigenvalue weighted by atomic mass is 79.9. The van der Waals surface area contributed by atoms with Crippen molar-refractivity contribution < 1.29 is 14.2 Å². The number of ether oxygens (including phenoxy) is 1. The molecule has 1 fully saturated rings. The first-order valence-electron chi connectivity index (χ1n) is 5.50. The molecule has 0 aliphatic carbocycles. The van der Waals surface area contributed by atoms with Gasteiger partial charge in [-0.2, -0.15) is 0 Å². The summed E-state index contributed by atoms with van der Waals surface area (Å²) in [6.45, 7) is 1.21. The van der Waals surface area contributed by atoms with E-state index in [0.29, 0.717) is 19.6 Å². The Kier molecular flexibility index (Phi) is 3.82. The summed E-state index contributed by atoms with van der Waals surface area (Å²) in [7, 11) is 0. The highest BCUT2D eigenvalue weighted by Gasteiger charge is 2.42. The van der Waals surface area contributed by atoms with Crippen molar-refractivity contribution in [3.63, 3.8) is 0 Å². The highest BCUT2D eigenvalue weighted by molar-refractivity contribution is 9.10. The van der Waals surface area contributed by atoms with Crippen molar-refractivity contribution in [3.05, 3.63) is 34.1 Å². The predicted molar refractivity (Wildman–Crippen MR) is 66.0 cm³/mol. The summed E-state index contributed by atoms with van der Waals surface area (Å²) in [4.78, 5) is 0. The average Bonchev–Trinajstić information content (AvgIpc) is 2.81. The van der Waals surface area contributed by atoms with Crippen molar-refractivity contribution in [1.82, 2.24) is 0 Å². The second-order valence-electron chi connectivity index (χ2n) is 4.44. The first-order valence-corrected chi connectivity index (χ1v) is 6.29. The summed E-state index contributed by atoms with van der Waals surface area (Å²) in [5.41, 5.74) is 5.43. The molecule has 0 saturated carbocycles. The molecule has 0 aromatic heterocycles. The minimum Gasteiger partial charge on any atom is -0.388 e. The molecule has 94 valence electrons. The van der Waals surface area contributed by atoms with E-state index >= 15 is 0 Å². The molecule has 3 N–H and O–H groups in total. The summed E-state index contributed by atoms with van der Waals surface area (Å²) in [6, 6.07) is 4.53. The van der Waals surface area contributed by atoms with E-state index in [4.69, 9.17) is 10.5 Å². The van der Waals surface area contributed by atoms with Crippen molar-refractivity contribution in [1.29, 1.82) is 0 Å². The first kappa shape index (κ1) is 13.0. The molecule has 1 aliphatic heterocycles. The second-order valence-corrected chi connectivity index (χ2v) is 5.35. The van der Waals surface area contributed by atoms with Crippen LogP contribution in [0.5, 0.6) is 0 Å². The van der Waals surface area contributed by atoms with Crippen LogP contribution >= 0.6 is 15.9 Å². The van der Waals surface area contributed by atoms with Crippen LogP contribution in [0.25, 0.3) is 0 Å². The van der Waals surface area contributed by atoms with Crippen molar-refractivity contribution in [3.8, 4) is 0 Å². The molecule has 0 bridgehead atoms. The Morgan fingerprint density at radius 1 is 1.59 bits per heavy atom. The van der Waals surface area contributed by atoms with Gasteiger partial charge in [-0.1, -0.05) is 15.9 Å². The summed E-state index contributed by atoms with van der Waals surface area (Å²) in [5.74, 6) is -0.416. The van der Waals surface area contributed by atoms with Crippen LogP contribution in [0.15, 0.2) is 22.7 Å². The molecule has 2 unspecified atom stereocenters. The largest absolute Gasteiger partial charge is 0.388 e. The lowest BCUT2D eigenvalue weighted by atomic mass is 9.78. The summed E-state index contributed by atoms with van der Waals surface area (Å²) < 4.78 is 19.7. The van der Waals surface area contributed by atoms with Crippen molar-refractivity contribution in [2.75, 3.05) is 19.8 Å². The zero-order valence-corrected chi connectivity index (χ0v) is 10.9. The third kappa shape index (κ3) is 2.38.